The number of hydrogen-bond acceptors (Lipinski definition) is 6. The molecule has 0 N–H and O–H groups in total. The van der Waals surface area contributed by atoms with Crippen molar-refractivity contribution in [2.24, 2.45) is 0 Å². The van der Waals surface area contributed by atoms with Crippen molar-refractivity contribution in [2.45, 2.75) is 19.5 Å². The predicted molar refractivity (Wildman–Crippen MR) is 95.2 cm³/mol. The lowest BCUT2D eigenvalue weighted by molar-refractivity contribution is 0.0632. The number of fused-ring (bicyclic) bond motifs is 2. The Morgan fingerprint density at radius 1 is 1.33 bits per heavy atom. The van der Waals surface area contributed by atoms with Gasteiger partial charge in [-0.05, 0) is 13.0 Å². The summed E-state index contributed by atoms with van der Waals surface area (Å²) in [6.07, 6.45) is 6.38. The molecule has 0 fully saturated rings. The minimum Gasteiger partial charge on any atom is -0.472 e. The second kappa shape index (κ2) is 5.92. The Morgan fingerprint density at radius 2 is 2.22 bits per heavy atom. The summed E-state index contributed by atoms with van der Waals surface area (Å²) in [4.78, 5) is 18.9. The standard InChI is InChI=1S/C17H14ClN7O2/c1-10-15-20-21-16(11-2-5-27-9-11)24(15)4-3-23(10)17(26)13-6-14-19-7-12(18)8-25(14)22-13/h2,5-10H,3-4H2,1H3. The van der Waals surface area contributed by atoms with E-state index in [1.807, 2.05) is 17.6 Å². The lowest BCUT2D eigenvalue weighted by atomic mass is 10.2. The maximum absolute atomic E-state index is 13.0. The van der Waals surface area contributed by atoms with Crippen LogP contribution in [0.1, 0.15) is 29.3 Å². The average Bonchev–Trinajstić information content (AvgIpc) is 3.39. The molecule has 0 aliphatic carbocycles. The van der Waals surface area contributed by atoms with Crippen molar-refractivity contribution >= 4 is 23.2 Å². The van der Waals surface area contributed by atoms with Crippen LogP contribution in [0.25, 0.3) is 17.0 Å². The van der Waals surface area contributed by atoms with E-state index in [9.17, 15) is 4.79 Å². The molecule has 9 nitrogen and oxygen atoms in total. The van der Waals surface area contributed by atoms with Gasteiger partial charge >= 0.3 is 0 Å². The van der Waals surface area contributed by atoms with Crippen molar-refractivity contribution in [2.75, 3.05) is 6.54 Å². The summed E-state index contributed by atoms with van der Waals surface area (Å²) in [6.45, 7) is 3.05. The van der Waals surface area contributed by atoms with Gasteiger partial charge < -0.3 is 13.9 Å². The summed E-state index contributed by atoms with van der Waals surface area (Å²) >= 11 is 5.94. The molecule has 0 saturated heterocycles. The van der Waals surface area contributed by atoms with Crippen LogP contribution in [0, 0.1) is 0 Å². The van der Waals surface area contributed by atoms with Gasteiger partial charge in [0.05, 0.1) is 29.1 Å². The highest BCUT2D eigenvalue weighted by Gasteiger charge is 2.33. The number of amides is 1. The zero-order valence-electron chi connectivity index (χ0n) is 14.3. The maximum atomic E-state index is 13.0. The van der Waals surface area contributed by atoms with E-state index in [1.54, 1.807) is 29.7 Å². The van der Waals surface area contributed by atoms with Crippen LogP contribution < -0.4 is 0 Å². The smallest absolute Gasteiger partial charge is 0.275 e. The normalized spacial score (nSPS) is 16.7. The summed E-state index contributed by atoms with van der Waals surface area (Å²) in [5, 5.41) is 13.3. The van der Waals surface area contributed by atoms with Crippen molar-refractivity contribution in [3.8, 4) is 11.4 Å². The second-order valence-electron chi connectivity index (χ2n) is 6.32. The maximum Gasteiger partial charge on any atom is 0.275 e. The van der Waals surface area contributed by atoms with Gasteiger partial charge in [-0.2, -0.15) is 5.10 Å². The van der Waals surface area contributed by atoms with Gasteiger partial charge in [0.1, 0.15) is 6.26 Å². The first-order valence-corrected chi connectivity index (χ1v) is 8.77. The molecule has 0 spiro atoms. The molecule has 5 heterocycles. The lowest BCUT2D eigenvalue weighted by Gasteiger charge is -2.33. The third-order valence-corrected chi connectivity index (χ3v) is 4.92. The summed E-state index contributed by atoms with van der Waals surface area (Å²) in [5.41, 5.74) is 1.75. The first-order valence-electron chi connectivity index (χ1n) is 8.39. The Balaban J connectivity index is 1.47. The third-order valence-electron chi connectivity index (χ3n) is 4.73. The van der Waals surface area contributed by atoms with Gasteiger partial charge in [-0.1, -0.05) is 11.6 Å². The molecule has 4 aromatic heterocycles. The van der Waals surface area contributed by atoms with Crippen LogP contribution in [-0.4, -0.2) is 46.7 Å². The summed E-state index contributed by atoms with van der Waals surface area (Å²) < 4.78 is 8.66. The lowest BCUT2D eigenvalue weighted by Crippen LogP contribution is -2.41. The van der Waals surface area contributed by atoms with Gasteiger partial charge in [-0.25, -0.2) is 9.50 Å². The molecule has 136 valence electrons. The number of carbonyl (C=O) groups excluding carboxylic acids is 1. The largest absolute Gasteiger partial charge is 0.472 e. The van der Waals surface area contributed by atoms with Gasteiger partial charge in [-0.3, -0.25) is 4.79 Å². The van der Waals surface area contributed by atoms with Crippen molar-refractivity contribution in [3.05, 3.63) is 53.6 Å². The molecule has 5 rings (SSSR count). The molecule has 10 heteroatoms. The van der Waals surface area contributed by atoms with E-state index >= 15 is 0 Å². The SMILES string of the molecule is CC1c2nnc(-c3ccoc3)n2CCN1C(=O)c1cc2ncc(Cl)cn2n1. The molecule has 1 amide bonds. The van der Waals surface area contributed by atoms with E-state index < -0.39 is 0 Å². The van der Waals surface area contributed by atoms with Crippen LogP contribution in [0.4, 0.5) is 0 Å². The predicted octanol–water partition coefficient (Wildman–Crippen LogP) is 2.45. The van der Waals surface area contributed by atoms with E-state index in [-0.39, 0.29) is 11.9 Å². The molecule has 0 saturated carbocycles. The van der Waals surface area contributed by atoms with Crippen molar-refractivity contribution in [1.29, 1.82) is 0 Å². The van der Waals surface area contributed by atoms with Gasteiger partial charge in [0.2, 0.25) is 0 Å². The highest BCUT2D eigenvalue weighted by atomic mass is 35.5. The van der Waals surface area contributed by atoms with Crippen LogP contribution in [0.3, 0.4) is 0 Å². The van der Waals surface area contributed by atoms with E-state index in [0.29, 0.717) is 29.5 Å². The summed E-state index contributed by atoms with van der Waals surface area (Å²) in [7, 11) is 0. The zero-order chi connectivity index (χ0) is 18.5. The quantitative estimate of drug-likeness (QED) is 0.527. The first-order chi connectivity index (χ1) is 13.1. The minimum absolute atomic E-state index is 0.178. The van der Waals surface area contributed by atoms with Gasteiger partial charge in [-0.15, -0.1) is 10.2 Å². The van der Waals surface area contributed by atoms with Gasteiger partial charge in [0.15, 0.2) is 23.0 Å². The highest BCUT2D eigenvalue weighted by Crippen LogP contribution is 2.29. The molecular formula is C17H14ClN7O2. The Hall–Kier alpha value is -3.20. The monoisotopic (exact) mass is 383 g/mol. The Bertz CT molecular complexity index is 1150. The van der Waals surface area contributed by atoms with E-state index in [2.05, 4.69) is 20.3 Å². The minimum atomic E-state index is -0.235. The van der Waals surface area contributed by atoms with E-state index in [1.165, 1.54) is 10.7 Å². The molecule has 0 aromatic carbocycles. The van der Waals surface area contributed by atoms with Crippen molar-refractivity contribution in [1.82, 2.24) is 34.3 Å². The first kappa shape index (κ1) is 16.0. The summed E-state index contributed by atoms with van der Waals surface area (Å²) in [5.74, 6) is 1.29. The van der Waals surface area contributed by atoms with E-state index in [4.69, 9.17) is 16.0 Å². The Kier molecular flexibility index (Phi) is 3.51. The second-order valence-corrected chi connectivity index (χ2v) is 6.76. The molecule has 27 heavy (non-hydrogen) atoms. The van der Waals surface area contributed by atoms with E-state index in [0.717, 1.165) is 17.2 Å². The zero-order valence-corrected chi connectivity index (χ0v) is 15.0. The molecule has 0 bridgehead atoms. The van der Waals surface area contributed by atoms with Crippen LogP contribution in [-0.2, 0) is 6.54 Å². The fraction of sp³-hybridized carbons (Fsp3) is 0.235. The number of rotatable bonds is 2. The van der Waals surface area contributed by atoms with Crippen LogP contribution in [0.2, 0.25) is 5.02 Å². The molecule has 1 unspecified atom stereocenters. The topological polar surface area (TPSA) is 94.3 Å². The van der Waals surface area contributed by atoms with Crippen LogP contribution in [0.15, 0.2) is 41.5 Å². The van der Waals surface area contributed by atoms with Gasteiger partial charge in [0, 0.05) is 25.4 Å². The molecule has 0 radical (unpaired) electrons. The molecule has 4 aromatic rings. The fourth-order valence-corrected chi connectivity index (χ4v) is 3.51. The molecule has 1 atom stereocenters. The van der Waals surface area contributed by atoms with Crippen LogP contribution in [0.5, 0.6) is 0 Å². The molecular weight excluding hydrogens is 370 g/mol. The highest BCUT2D eigenvalue weighted by molar-refractivity contribution is 6.30. The molecule has 1 aliphatic rings. The number of nitrogens with zero attached hydrogens (tertiary/aromatic N) is 7. The third kappa shape index (κ3) is 2.50. The average molecular weight is 384 g/mol. The Morgan fingerprint density at radius 3 is 3.04 bits per heavy atom. The summed E-state index contributed by atoms with van der Waals surface area (Å²) in [6, 6.07) is 3.26. The van der Waals surface area contributed by atoms with Crippen molar-refractivity contribution in [3.63, 3.8) is 0 Å². The van der Waals surface area contributed by atoms with Gasteiger partial charge in [0.25, 0.3) is 5.91 Å². The fourth-order valence-electron chi connectivity index (χ4n) is 3.37. The number of aromatic nitrogens is 6. The molecule has 1 aliphatic heterocycles. The number of halogens is 1. The number of hydrogen-bond donors (Lipinski definition) is 0. The number of furan rings is 1. The Labute approximate surface area is 158 Å². The van der Waals surface area contributed by atoms with Crippen molar-refractivity contribution < 1.29 is 9.21 Å². The number of carbonyl (C=O) groups is 1. The van der Waals surface area contributed by atoms with Crippen LogP contribution >= 0.6 is 11.6 Å².